The Hall–Kier alpha value is -1.89. The Kier molecular flexibility index (Phi) is 6.07. The highest BCUT2D eigenvalue weighted by Crippen LogP contribution is 2.30. The van der Waals surface area contributed by atoms with E-state index in [9.17, 15) is 9.59 Å². The van der Waals surface area contributed by atoms with Crippen LogP contribution < -0.4 is 15.8 Å². The molecule has 7 heteroatoms. The fourth-order valence-electron chi connectivity index (χ4n) is 3.16. The van der Waals surface area contributed by atoms with Gasteiger partial charge in [-0.25, -0.2) is 4.68 Å². The number of hydrogen-bond acceptors (Lipinski definition) is 5. The molecule has 1 saturated carbocycles. The zero-order chi connectivity index (χ0) is 17.6. The number of rotatable bonds is 9. The number of amides is 1. The number of nitrogens with one attached hydrogen (secondary N) is 1. The van der Waals surface area contributed by atoms with Crippen molar-refractivity contribution in [3.8, 4) is 0 Å². The topological polar surface area (TPSA) is 76.5 Å². The molecule has 3 rings (SSSR count). The van der Waals surface area contributed by atoms with Crippen LogP contribution in [-0.4, -0.2) is 48.5 Å². The number of carbonyl (C=O) groups excluding carboxylic acids is 1. The van der Waals surface area contributed by atoms with Gasteiger partial charge in [-0.05, 0) is 38.5 Å². The molecule has 1 unspecified atom stereocenters. The lowest BCUT2D eigenvalue weighted by Gasteiger charge is -2.18. The van der Waals surface area contributed by atoms with Gasteiger partial charge in [0, 0.05) is 45.5 Å². The molecule has 1 aromatic rings. The first kappa shape index (κ1) is 17.9. The monoisotopic (exact) mass is 348 g/mol. The summed E-state index contributed by atoms with van der Waals surface area (Å²) in [4.78, 5) is 26.5. The molecule has 1 atom stereocenters. The number of carbonyl (C=O) groups is 1. The van der Waals surface area contributed by atoms with E-state index >= 15 is 0 Å². The Balaban J connectivity index is 1.47. The lowest BCUT2D eigenvalue weighted by molar-refractivity contribution is -0.124. The predicted molar refractivity (Wildman–Crippen MR) is 95.7 cm³/mol. The first-order chi connectivity index (χ1) is 12.2. The Morgan fingerprint density at radius 2 is 2.24 bits per heavy atom. The van der Waals surface area contributed by atoms with Crippen LogP contribution in [0, 0.1) is 11.8 Å². The van der Waals surface area contributed by atoms with Gasteiger partial charge in [-0.1, -0.05) is 0 Å². The molecule has 138 valence electrons. The summed E-state index contributed by atoms with van der Waals surface area (Å²) in [6, 6.07) is 1.65. The Morgan fingerprint density at radius 3 is 2.96 bits per heavy atom. The fraction of sp³-hybridized carbons (Fsp3) is 0.722. The molecule has 7 nitrogen and oxygen atoms in total. The van der Waals surface area contributed by atoms with Crippen molar-refractivity contribution < 1.29 is 9.53 Å². The standard InChI is InChI=1S/C18H28N4O3/c1-2-25-9-3-7-19-18(24)15-6-8-21(13-15)16-10-17(23)22(20-11-16)12-14-4-5-14/h10-11,14-15H,2-9,12-13H2,1H3,(H,19,24). The molecule has 1 amide bonds. The summed E-state index contributed by atoms with van der Waals surface area (Å²) in [5, 5.41) is 7.28. The number of nitrogens with zero attached hydrogens (tertiary/aromatic N) is 3. The van der Waals surface area contributed by atoms with Gasteiger partial charge in [0.25, 0.3) is 5.56 Å². The van der Waals surface area contributed by atoms with Crippen molar-refractivity contribution in [3.05, 3.63) is 22.6 Å². The lowest BCUT2D eigenvalue weighted by atomic mass is 10.1. The van der Waals surface area contributed by atoms with Crippen molar-refractivity contribution in [2.24, 2.45) is 11.8 Å². The SMILES string of the molecule is CCOCCCNC(=O)C1CCN(c2cnn(CC3CC3)c(=O)c2)C1. The van der Waals surface area contributed by atoms with Gasteiger partial charge in [-0.15, -0.1) is 0 Å². The highest BCUT2D eigenvalue weighted by molar-refractivity contribution is 5.80. The third kappa shape index (κ3) is 5.04. The third-order valence-electron chi connectivity index (χ3n) is 4.88. The van der Waals surface area contributed by atoms with Crippen molar-refractivity contribution in [3.63, 3.8) is 0 Å². The summed E-state index contributed by atoms with van der Waals surface area (Å²) in [5.74, 6) is 0.689. The van der Waals surface area contributed by atoms with Crippen LogP contribution in [0.5, 0.6) is 0 Å². The van der Waals surface area contributed by atoms with E-state index in [2.05, 4.69) is 15.3 Å². The van der Waals surface area contributed by atoms with E-state index in [-0.39, 0.29) is 17.4 Å². The summed E-state index contributed by atoms with van der Waals surface area (Å²) in [5.41, 5.74) is 0.775. The minimum Gasteiger partial charge on any atom is -0.382 e. The van der Waals surface area contributed by atoms with Crippen LogP contribution in [0.4, 0.5) is 5.69 Å². The summed E-state index contributed by atoms with van der Waals surface area (Å²) in [6.07, 6.45) is 5.79. The van der Waals surface area contributed by atoms with E-state index in [1.165, 1.54) is 12.8 Å². The van der Waals surface area contributed by atoms with E-state index in [4.69, 9.17) is 4.74 Å². The fourth-order valence-corrected chi connectivity index (χ4v) is 3.16. The van der Waals surface area contributed by atoms with Crippen molar-refractivity contribution in [2.75, 3.05) is 37.7 Å². The molecule has 0 aromatic carbocycles. The van der Waals surface area contributed by atoms with Crippen molar-refractivity contribution in [1.29, 1.82) is 0 Å². The lowest BCUT2D eigenvalue weighted by Crippen LogP contribution is -2.34. The zero-order valence-corrected chi connectivity index (χ0v) is 14.9. The van der Waals surface area contributed by atoms with Crippen molar-refractivity contribution in [2.45, 2.75) is 39.2 Å². The molecular weight excluding hydrogens is 320 g/mol. The van der Waals surface area contributed by atoms with Crippen LogP contribution in [0.2, 0.25) is 0 Å². The minimum absolute atomic E-state index is 0.0269. The van der Waals surface area contributed by atoms with Gasteiger partial charge in [0.2, 0.25) is 5.91 Å². The summed E-state index contributed by atoms with van der Waals surface area (Å²) < 4.78 is 6.82. The van der Waals surface area contributed by atoms with Gasteiger partial charge in [-0.3, -0.25) is 9.59 Å². The second-order valence-corrected chi connectivity index (χ2v) is 6.95. The number of anilines is 1. The summed E-state index contributed by atoms with van der Waals surface area (Å²) >= 11 is 0. The van der Waals surface area contributed by atoms with Crippen LogP contribution in [0.3, 0.4) is 0 Å². The van der Waals surface area contributed by atoms with E-state index in [1.807, 2.05) is 6.92 Å². The number of hydrogen-bond donors (Lipinski definition) is 1. The number of aromatic nitrogens is 2. The molecule has 0 spiro atoms. The van der Waals surface area contributed by atoms with E-state index in [0.29, 0.717) is 32.2 Å². The molecule has 0 bridgehead atoms. The van der Waals surface area contributed by atoms with Gasteiger partial charge in [0.05, 0.1) is 17.8 Å². The molecule has 1 aliphatic carbocycles. The smallest absolute Gasteiger partial charge is 0.268 e. The van der Waals surface area contributed by atoms with Crippen LogP contribution in [0.15, 0.2) is 17.1 Å². The average molecular weight is 348 g/mol. The first-order valence-corrected chi connectivity index (χ1v) is 9.35. The van der Waals surface area contributed by atoms with Gasteiger partial charge < -0.3 is 15.0 Å². The van der Waals surface area contributed by atoms with Gasteiger partial charge in [0.15, 0.2) is 0 Å². The second kappa shape index (κ2) is 8.47. The van der Waals surface area contributed by atoms with Gasteiger partial charge in [-0.2, -0.15) is 5.10 Å². The Bertz CT molecular complexity index is 641. The molecule has 1 N–H and O–H groups in total. The van der Waals surface area contributed by atoms with Crippen LogP contribution in [0.1, 0.15) is 32.6 Å². The van der Waals surface area contributed by atoms with E-state index in [0.717, 1.165) is 31.6 Å². The van der Waals surface area contributed by atoms with Gasteiger partial charge >= 0.3 is 0 Å². The van der Waals surface area contributed by atoms with Crippen molar-refractivity contribution in [1.82, 2.24) is 15.1 Å². The molecule has 2 aliphatic rings. The molecule has 2 fully saturated rings. The van der Waals surface area contributed by atoms with E-state index < -0.39 is 0 Å². The van der Waals surface area contributed by atoms with Crippen LogP contribution >= 0.6 is 0 Å². The minimum atomic E-state index is -0.0479. The Morgan fingerprint density at radius 1 is 1.40 bits per heavy atom. The highest BCUT2D eigenvalue weighted by Gasteiger charge is 2.29. The Labute approximate surface area is 148 Å². The van der Waals surface area contributed by atoms with Crippen LogP contribution in [-0.2, 0) is 16.1 Å². The summed E-state index contributed by atoms with van der Waals surface area (Å²) in [7, 11) is 0. The largest absolute Gasteiger partial charge is 0.382 e. The van der Waals surface area contributed by atoms with Gasteiger partial charge in [0.1, 0.15) is 0 Å². The summed E-state index contributed by atoms with van der Waals surface area (Å²) in [6.45, 7) is 6.15. The third-order valence-corrected chi connectivity index (χ3v) is 4.88. The average Bonchev–Trinajstić information content (AvgIpc) is 3.28. The predicted octanol–water partition coefficient (Wildman–Crippen LogP) is 1.02. The molecule has 1 aromatic heterocycles. The van der Waals surface area contributed by atoms with E-state index in [1.54, 1.807) is 16.9 Å². The molecular formula is C18H28N4O3. The quantitative estimate of drug-likeness (QED) is 0.675. The molecule has 1 saturated heterocycles. The van der Waals surface area contributed by atoms with Crippen molar-refractivity contribution >= 4 is 11.6 Å². The molecule has 2 heterocycles. The molecule has 25 heavy (non-hydrogen) atoms. The maximum atomic E-state index is 12.2. The maximum absolute atomic E-state index is 12.2. The normalized spacial score (nSPS) is 20.0. The molecule has 0 radical (unpaired) electrons. The first-order valence-electron chi connectivity index (χ1n) is 9.35. The maximum Gasteiger partial charge on any atom is 0.268 e. The zero-order valence-electron chi connectivity index (χ0n) is 14.9. The molecule has 1 aliphatic heterocycles. The number of ether oxygens (including phenoxy) is 1. The highest BCUT2D eigenvalue weighted by atomic mass is 16.5. The van der Waals surface area contributed by atoms with Crippen LogP contribution in [0.25, 0.3) is 0 Å². The second-order valence-electron chi connectivity index (χ2n) is 6.95.